The largest absolute Gasteiger partial charge is 0.444 e. The van der Waals surface area contributed by atoms with Crippen LogP contribution in [0.5, 0.6) is 0 Å². The van der Waals surface area contributed by atoms with Gasteiger partial charge >= 0.3 is 12.2 Å². The zero-order chi connectivity index (χ0) is 74.1. The van der Waals surface area contributed by atoms with Gasteiger partial charge in [-0.1, -0.05) is 55.4 Å². The molecule has 10 rings (SSSR count). The number of benzene rings is 4. The van der Waals surface area contributed by atoms with Crippen LogP contribution in [0.2, 0.25) is 10.0 Å². The van der Waals surface area contributed by atoms with Crippen LogP contribution in [-0.2, 0) is 22.6 Å². The molecule has 2 saturated carbocycles. The first kappa shape index (κ1) is 87.0. The minimum atomic E-state index is -0.819. The minimum Gasteiger partial charge on any atom is -0.444 e. The number of carbonyl (C=O) groups excluding carboxylic acids is 4. The first-order chi connectivity index (χ1) is 47.0. The molecule has 0 bridgehead atoms. The molecule has 32 heteroatoms. The van der Waals surface area contributed by atoms with Gasteiger partial charge in [-0.05, 0) is 244 Å². The highest BCUT2D eigenvalue weighted by molar-refractivity contribution is 8.92. The van der Waals surface area contributed by atoms with Gasteiger partial charge in [-0.3, -0.25) is 19.6 Å². The molecule has 2 fully saturated rings. The zero-order valence-electron chi connectivity index (χ0n) is 57.3. The number of ether oxygens (including phenoxy) is 2. The van der Waals surface area contributed by atoms with Crippen LogP contribution in [0.4, 0.5) is 27.2 Å². The molecule has 2 aliphatic rings. The first-order valence-corrected chi connectivity index (χ1v) is 52.5. The van der Waals surface area contributed by atoms with Crippen molar-refractivity contribution in [3.63, 3.8) is 0 Å². The van der Waals surface area contributed by atoms with Crippen molar-refractivity contribution < 1.29 is 46.2 Å². The Kier molecular flexibility index (Phi) is 35.5. The van der Waals surface area contributed by atoms with E-state index in [-0.39, 0.29) is 104 Å². The Morgan fingerprint density at radius 2 is 0.940 bits per heavy atom. The minimum absolute atomic E-state index is 0.00370. The molecule has 4 heterocycles. The van der Waals surface area contributed by atoms with Gasteiger partial charge < -0.3 is 29.5 Å². The van der Waals surface area contributed by atoms with Crippen LogP contribution >= 0.6 is 149 Å². The number of halogens is 7. The lowest BCUT2D eigenvalue weighted by atomic mass is 9.88. The summed E-state index contributed by atoms with van der Waals surface area (Å²) in [6, 6.07) is 25.3. The van der Waals surface area contributed by atoms with Gasteiger partial charge in [0.25, 0.3) is 11.1 Å². The molecule has 0 radical (unpaired) electrons. The van der Waals surface area contributed by atoms with E-state index in [0.717, 1.165) is 109 Å². The zero-order valence-corrected chi connectivity index (χ0v) is 73.0. The summed E-state index contributed by atoms with van der Waals surface area (Å²) in [6.45, 7) is 17.1. The van der Waals surface area contributed by atoms with Crippen LogP contribution < -0.4 is 5.32 Å². The third kappa shape index (κ3) is 25.9. The lowest BCUT2D eigenvalue weighted by Gasteiger charge is -2.40. The van der Waals surface area contributed by atoms with Gasteiger partial charge in [-0.15, -0.1) is 85.2 Å². The number of amides is 3. The topological polar surface area (TPSA) is 134 Å². The lowest BCUT2D eigenvalue weighted by Crippen LogP contribution is -2.47. The van der Waals surface area contributed by atoms with Crippen molar-refractivity contribution in [3.05, 3.63) is 175 Å². The number of pyridine rings is 2. The average molecular weight is 1670 g/mol. The molecule has 0 spiro atoms. The first-order valence-electron chi connectivity index (χ1n) is 31.6. The van der Waals surface area contributed by atoms with Crippen molar-refractivity contribution in [2.45, 2.75) is 155 Å². The summed E-state index contributed by atoms with van der Waals surface area (Å²) >= 11 is 19.2. The maximum Gasteiger partial charge on any atom is 0.410 e. The van der Waals surface area contributed by atoms with Gasteiger partial charge in [-0.2, -0.15) is 0 Å². The molecule has 12 nitrogen and oxygen atoms in total. The predicted molar refractivity (Wildman–Crippen MR) is 446 cm³/mol. The maximum absolute atomic E-state index is 14.7. The molecule has 542 valence electrons. The summed E-state index contributed by atoms with van der Waals surface area (Å²) in [5.74, 6) is -2.95. The number of hydrogen-bond acceptors (Lipinski definition) is 11. The van der Waals surface area contributed by atoms with E-state index in [9.17, 15) is 36.7 Å². The van der Waals surface area contributed by atoms with Gasteiger partial charge in [0.15, 0.2) is 0 Å². The summed E-state index contributed by atoms with van der Waals surface area (Å²) < 4.78 is 67.1. The third-order valence-electron chi connectivity index (χ3n) is 16.3. The van der Waals surface area contributed by atoms with E-state index < -0.39 is 39.7 Å². The fourth-order valence-electron chi connectivity index (χ4n) is 10.9. The highest BCUT2D eigenvalue weighted by Gasteiger charge is 2.36. The monoisotopic (exact) mass is 1670 g/mol. The second-order valence-corrected chi connectivity index (χ2v) is 62.6. The van der Waals surface area contributed by atoms with Crippen LogP contribution in [0, 0.1) is 37.1 Å². The number of nitrogens with one attached hydrogen (secondary N) is 1. The molecular weight excluding hydrogens is 1580 g/mol. The normalized spacial score (nSPS) is 16.2. The number of rotatable bonds is 14. The smallest absolute Gasteiger partial charge is 0.410 e. The van der Waals surface area contributed by atoms with Crippen LogP contribution in [-0.4, -0.2) is 97.5 Å². The van der Waals surface area contributed by atoms with E-state index in [4.69, 9.17) is 44.3 Å². The van der Waals surface area contributed by atoms with Gasteiger partial charge in [-0.25, -0.2) is 27.2 Å². The molecule has 1 N–H and O–H groups in total. The summed E-state index contributed by atoms with van der Waals surface area (Å²) in [6.07, 6.45) is 13.3. The van der Waals surface area contributed by atoms with Crippen LogP contribution in [0.3, 0.4) is 0 Å². The molecule has 100 heavy (non-hydrogen) atoms. The Bertz CT molecular complexity index is 4050. The highest BCUT2D eigenvalue weighted by Crippen LogP contribution is 2.86. The SMILES string of the molecule is Cc1ccc(-c2ccncc2)cc1CN(C(=O)c1sc2c(F)ccc(F)c2c1Cl)C1CCC(N(C)C(=O)OC(C)(C)C)CC1.Cc1ccc(-c2ccncc2)cc1CNC1CCC(N(C)C(=O)OC(C)(C)C)CC1.O=C(Cl)c1sc2c(F)ccc(F)c2c1Cl.PP(P)P(P)P.PPP(P)P. The summed E-state index contributed by atoms with van der Waals surface area (Å²) in [5, 5.41) is 2.55. The Morgan fingerprint density at radius 3 is 1.33 bits per heavy atom. The number of aromatic nitrogens is 2. The second-order valence-electron chi connectivity index (χ2n) is 25.7. The second kappa shape index (κ2) is 40.9. The summed E-state index contributed by atoms with van der Waals surface area (Å²) in [7, 11) is 24.0. The molecule has 0 aliphatic heterocycles. The van der Waals surface area contributed by atoms with E-state index in [1.807, 2.05) is 104 Å². The quantitative estimate of drug-likeness (QED) is 0.0641. The van der Waals surface area contributed by atoms with Crippen LogP contribution in [0.15, 0.2) is 110 Å². The molecule has 2 aliphatic carbocycles. The van der Waals surface area contributed by atoms with E-state index in [1.54, 1.807) is 34.1 Å². The van der Waals surface area contributed by atoms with Crippen molar-refractivity contribution in [1.29, 1.82) is 0 Å². The molecular formula is C68H88Cl3F4N6O6P11S2. The molecule has 8 atom stereocenters. The van der Waals surface area contributed by atoms with E-state index in [2.05, 4.69) is 109 Å². The van der Waals surface area contributed by atoms with E-state index in [1.165, 1.54) is 22.3 Å². The molecule has 8 aromatic rings. The molecule has 4 aromatic heterocycles. The van der Waals surface area contributed by atoms with Crippen molar-refractivity contribution in [1.82, 2.24) is 30.0 Å². The summed E-state index contributed by atoms with van der Waals surface area (Å²) in [4.78, 5) is 63.8. The predicted octanol–water partition coefficient (Wildman–Crippen LogP) is 24.0. The van der Waals surface area contributed by atoms with Crippen molar-refractivity contribution in [3.8, 4) is 22.3 Å². The maximum atomic E-state index is 14.7. The van der Waals surface area contributed by atoms with Gasteiger partial charge in [0.1, 0.15) is 44.2 Å². The number of thiophene rings is 2. The van der Waals surface area contributed by atoms with Crippen LogP contribution in [0.25, 0.3) is 42.4 Å². The molecule has 8 unspecified atom stereocenters. The van der Waals surface area contributed by atoms with E-state index >= 15 is 0 Å². The molecule has 4 aromatic carbocycles. The number of carbonyl (C=O) groups is 4. The Hall–Kier alpha value is -1.94. The van der Waals surface area contributed by atoms with Crippen molar-refractivity contribution >= 4 is 192 Å². The highest BCUT2D eigenvalue weighted by atomic mass is 35.5. The molecule has 3 amide bonds. The number of nitrogens with zero attached hydrogens (tertiary/aromatic N) is 5. The standard InChI is InChI=1S/C34H36ClF2N3O3S.C25H35N3O2.C9H2Cl2F2OS.H8P6.H7P5/c1-20-6-7-22(21-14-16-38-17-15-21)18-23(20)19-40(25-10-8-24(9-11-25)39(5)33(42)43-34(2,3)4)32(41)31-29(35)28-26(36)12-13-27(37)30(28)44-31;1-18-6-7-20(19-12-14-26-15-13-19)16-21(18)17-27-22-8-10-23(11-9-22)28(5)24(29)30-25(2,3)4;10-6-5-3(12)1-2-4(13)7(5)15-8(6)9(11)14;1-5(2)6(3)4;1-4-5(2)3/h6-7,12-18,24-25H,8-11,19H2,1-5H3;6-7,12-16,22-23,27H,8-11,17H2,1-5H3;1-2H;1-4H2;4H,1-3H2. The van der Waals surface area contributed by atoms with E-state index in [0.29, 0.717) is 31.7 Å². The van der Waals surface area contributed by atoms with Crippen LogP contribution in [0.1, 0.15) is 135 Å². The fraction of sp³-hybridized carbons (Fsp3) is 0.382. The number of aryl methyl sites for hydroxylation is 2. The van der Waals surface area contributed by atoms with Crippen molar-refractivity contribution in [2.24, 2.45) is 0 Å². The van der Waals surface area contributed by atoms with Crippen molar-refractivity contribution in [2.75, 3.05) is 14.1 Å². The number of fused-ring (bicyclic) bond motifs is 2. The van der Waals surface area contributed by atoms with Gasteiger partial charge in [0.05, 0.1) is 30.2 Å². The summed E-state index contributed by atoms with van der Waals surface area (Å²) in [5.41, 5.74) is 7.96. The Balaban J connectivity index is 0.000000240. The van der Waals surface area contributed by atoms with Gasteiger partial charge in [0, 0.05) is 76.1 Å². The van der Waals surface area contributed by atoms with Gasteiger partial charge in [0.2, 0.25) is 0 Å². The average Bonchev–Trinajstić information content (AvgIpc) is 1.62. The fourth-order valence-corrected chi connectivity index (χ4v) is 14.1. The molecule has 0 saturated heterocycles. The lowest BCUT2D eigenvalue weighted by molar-refractivity contribution is 0.0142. The number of hydrogen-bond donors (Lipinski definition) is 1. The Labute approximate surface area is 630 Å². The third-order valence-corrected chi connectivity index (χ3v) is 53.2. The Morgan fingerprint density at radius 1 is 0.570 bits per heavy atom.